The second kappa shape index (κ2) is 7.52. The Kier molecular flexibility index (Phi) is 5.69. The van der Waals surface area contributed by atoms with Gasteiger partial charge in [0.05, 0.1) is 6.04 Å². The highest BCUT2D eigenvalue weighted by atomic mass is 35.5. The smallest absolute Gasteiger partial charge is 0.184 e. The van der Waals surface area contributed by atoms with E-state index in [0.29, 0.717) is 5.56 Å². The van der Waals surface area contributed by atoms with E-state index in [-0.39, 0.29) is 30.0 Å². The lowest BCUT2D eigenvalue weighted by molar-refractivity contribution is 0.0848. The molecule has 1 fully saturated rings. The van der Waals surface area contributed by atoms with Gasteiger partial charge >= 0.3 is 0 Å². The van der Waals surface area contributed by atoms with Crippen molar-refractivity contribution >= 4 is 18.2 Å². The predicted octanol–water partition coefficient (Wildman–Crippen LogP) is 4.27. The van der Waals surface area contributed by atoms with Gasteiger partial charge in [-0.05, 0) is 55.8 Å². The minimum absolute atomic E-state index is 0. The molecule has 1 aliphatic heterocycles. The molecule has 0 amide bonds. The maximum absolute atomic E-state index is 13.1. The van der Waals surface area contributed by atoms with Crippen LogP contribution >= 0.6 is 12.4 Å². The van der Waals surface area contributed by atoms with Crippen LogP contribution in [0.4, 0.5) is 4.39 Å². The van der Waals surface area contributed by atoms with Crippen LogP contribution in [0.5, 0.6) is 0 Å². The summed E-state index contributed by atoms with van der Waals surface area (Å²) in [5.74, 6) is -0.271. The van der Waals surface area contributed by atoms with Crippen LogP contribution in [0, 0.1) is 5.82 Å². The van der Waals surface area contributed by atoms with Crippen LogP contribution in [0.15, 0.2) is 54.6 Å². The molecule has 1 heterocycles. The van der Waals surface area contributed by atoms with Crippen LogP contribution in [0.1, 0.15) is 34.8 Å². The number of halogens is 2. The molecule has 1 atom stereocenters. The number of ketones is 1. The monoisotopic (exact) mass is 319 g/mol. The number of carbonyl (C=O) groups excluding carboxylic acids is 1. The molecule has 2 aromatic carbocycles. The second-order valence-electron chi connectivity index (χ2n) is 5.43. The molecule has 0 aromatic heterocycles. The van der Waals surface area contributed by atoms with Gasteiger partial charge < -0.3 is 0 Å². The molecule has 1 aliphatic rings. The molecule has 0 bridgehead atoms. The molecule has 3 rings (SSSR count). The molecule has 0 radical (unpaired) electrons. The van der Waals surface area contributed by atoms with Gasteiger partial charge in [-0.2, -0.15) is 0 Å². The summed E-state index contributed by atoms with van der Waals surface area (Å²) in [6.07, 6.45) is 2.25. The van der Waals surface area contributed by atoms with Crippen molar-refractivity contribution in [2.75, 3.05) is 13.1 Å². The van der Waals surface area contributed by atoms with Gasteiger partial charge in [-0.25, -0.2) is 4.39 Å². The molecule has 0 aliphatic carbocycles. The summed E-state index contributed by atoms with van der Waals surface area (Å²) in [6, 6.07) is 15.4. The lowest BCUT2D eigenvalue weighted by Crippen LogP contribution is -2.32. The molecule has 116 valence electrons. The van der Waals surface area contributed by atoms with Gasteiger partial charge in [0, 0.05) is 5.56 Å². The van der Waals surface area contributed by atoms with E-state index >= 15 is 0 Å². The first kappa shape index (κ1) is 16.7. The SMILES string of the molecule is Cl.O=C(c1ccc(F)cc1)C(c1ccccc1)N1CCCC1. The van der Waals surface area contributed by atoms with Crippen LogP contribution in [0.25, 0.3) is 0 Å². The lowest BCUT2D eigenvalue weighted by Gasteiger charge is -2.26. The fraction of sp³-hybridized carbons (Fsp3) is 0.278. The Morgan fingerprint density at radius 1 is 0.955 bits per heavy atom. The summed E-state index contributed by atoms with van der Waals surface area (Å²) in [4.78, 5) is 15.1. The Morgan fingerprint density at radius 2 is 1.55 bits per heavy atom. The molecule has 0 spiro atoms. The predicted molar refractivity (Wildman–Crippen MR) is 88.0 cm³/mol. The van der Waals surface area contributed by atoms with Gasteiger partial charge in [-0.3, -0.25) is 9.69 Å². The molecular formula is C18H19ClFNO. The van der Waals surface area contributed by atoms with Gasteiger partial charge in [0.1, 0.15) is 5.82 Å². The summed E-state index contributed by atoms with van der Waals surface area (Å²) < 4.78 is 13.1. The van der Waals surface area contributed by atoms with E-state index in [4.69, 9.17) is 0 Å². The van der Waals surface area contributed by atoms with Crippen molar-refractivity contribution in [3.8, 4) is 0 Å². The summed E-state index contributed by atoms with van der Waals surface area (Å²) in [5, 5.41) is 0. The van der Waals surface area contributed by atoms with Gasteiger partial charge in [0.2, 0.25) is 0 Å². The maximum Gasteiger partial charge on any atom is 0.184 e. The van der Waals surface area contributed by atoms with Crippen LogP contribution in [-0.2, 0) is 0 Å². The Balaban J connectivity index is 0.00000176. The van der Waals surface area contributed by atoms with Crippen molar-refractivity contribution in [1.29, 1.82) is 0 Å². The Morgan fingerprint density at radius 3 is 2.14 bits per heavy atom. The van der Waals surface area contributed by atoms with E-state index in [1.165, 1.54) is 12.1 Å². The van der Waals surface area contributed by atoms with E-state index in [1.807, 2.05) is 30.3 Å². The molecule has 0 saturated carbocycles. The number of hydrogen-bond donors (Lipinski definition) is 0. The van der Waals surface area contributed by atoms with Gasteiger partial charge in [0.25, 0.3) is 0 Å². The Labute approximate surface area is 136 Å². The molecule has 0 N–H and O–H groups in total. The van der Waals surface area contributed by atoms with Gasteiger partial charge in [-0.15, -0.1) is 12.4 Å². The quantitative estimate of drug-likeness (QED) is 0.784. The third kappa shape index (κ3) is 3.54. The Bertz CT molecular complexity index is 609. The third-order valence-corrected chi connectivity index (χ3v) is 4.00. The van der Waals surface area contributed by atoms with Crippen molar-refractivity contribution in [3.63, 3.8) is 0 Å². The van der Waals surface area contributed by atoms with Crippen molar-refractivity contribution in [2.24, 2.45) is 0 Å². The van der Waals surface area contributed by atoms with Crippen LogP contribution < -0.4 is 0 Å². The molecule has 1 saturated heterocycles. The average molecular weight is 320 g/mol. The van der Waals surface area contributed by atoms with Gasteiger partial charge in [0.15, 0.2) is 5.78 Å². The number of Topliss-reactive ketones (excluding diaryl/α,β-unsaturated/α-hetero) is 1. The first-order valence-electron chi connectivity index (χ1n) is 7.34. The second-order valence-corrected chi connectivity index (χ2v) is 5.43. The molecular weight excluding hydrogens is 301 g/mol. The van der Waals surface area contributed by atoms with E-state index in [0.717, 1.165) is 31.5 Å². The first-order valence-corrected chi connectivity index (χ1v) is 7.34. The number of carbonyl (C=O) groups is 1. The first-order chi connectivity index (χ1) is 10.3. The fourth-order valence-electron chi connectivity index (χ4n) is 2.94. The molecule has 2 aromatic rings. The number of benzene rings is 2. The standard InChI is InChI=1S/C18H18FNO.ClH/c19-16-10-8-15(9-11-16)18(21)17(20-12-4-5-13-20)14-6-2-1-3-7-14;/h1-3,6-11,17H,4-5,12-13H2;1H. The largest absolute Gasteiger partial charge is 0.292 e. The van der Waals surface area contributed by atoms with Gasteiger partial charge in [-0.1, -0.05) is 30.3 Å². The van der Waals surface area contributed by atoms with Crippen molar-refractivity contribution in [1.82, 2.24) is 4.90 Å². The molecule has 2 nitrogen and oxygen atoms in total. The normalized spacial score (nSPS) is 16.0. The zero-order valence-electron chi connectivity index (χ0n) is 12.2. The van der Waals surface area contributed by atoms with E-state index < -0.39 is 0 Å². The zero-order valence-corrected chi connectivity index (χ0v) is 13.1. The van der Waals surface area contributed by atoms with E-state index in [9.17, 15) is 9.18 Å². The van der Waals surface area contributed by atoms with Crippen molar-refractivity contribution in [3.05, 3.63) is 71.5 Å². The van der Waals surface area contributed by atoms with Crippen molar-refractivity contribution in [2.45, 2.75) is 18.9 Å². The lowest BCUT2D eigenvalue weighted by atomic mass is 9.96. The summed E-state index contributed by atoms with van der Waals surface area (Å²) in [7, 11) is 0. The highest BCUT2D eigenvalue weighted by Gasteiger charge is 2.30. The highest BCUT2D eigenvalue weighted by molar-refractivity contribution is 6.00. The van der Waals surface area contributed by atoms with E-state index in [1.54, 1.807) is 12.1 Å². The molecule has 4 heteroatoms. The Hall–Kier alpha value is -1.71. The maximum atomic E-state index is 13.1. The zero-order chi connectivity index (χ0) is 14.7. The van der Waals surface area contributed by atoms with Crippen LogP contribution in [0.2, 0.25) is 0 Å². The topological polar surface area (TPSA) is 20.3 Å². The van der Waals surface area contributed by atoms with Crippen LogP contribution in [0.3, 0.4) is 0 Å². The van der Waals surface area contributed by atoms with E-state index in [2.05, 4.69) is 4.90 Å². The average Bonchev–Trinajstić information content (AvgIpc) is 3.03. The minimum Gasteiger partial charge on any atom is -0.292 e. The summed E-state index contributed by atoms with van der Waals surface area (Å²) in [6.45, 7) is 1.87. The number of hydrogen-bond acceptors (Lipinski definition) is 2. The summed E-state index contributed by atoms with van der Waals surface area (Å²) >= 11 is 0. The molecule has 1 unspecified atom stereocenters. The highest BCUT2D eigenvalue weighted by Crippen LogP contribution is 2.28. The third-order valence-electron chi connectivity index (χ3n) is 4.00. The van der Waals surface area contributed by atoms with Crippen LogP contribution in [-0.4, -0.2) is 23.8 Å². The number of likely N-dealkylation sites (tertiary alicyclic amines) is 1. The number of rotatable bonds is 4. The minimum atomic E-state index is -0.316. The number of nitrogens with zero attached hydrogens (tertiary/aromatic N) is 1. The fourth-order valence-corrected chi connectivity index (χ4v) is 2.94. The molecule has 22 heavy (non-hydrogen) atoms. The summed E-state index contributed by atoms with van der Waals surface area (Å²) in [5.41, 5.74) is 1.57. The van der Waals surface area contributed by atoms with Crippen molar-refractivity contribution < 1.29 is 9.18 Å².